The van der Waals surface area contributed by atoms with Crippen molar-refractivity contribution in [3.63, 3.8) is 0 Å². The average Bonchev–Trinajstić information content (AvgIpc) is 2.54. The summed E-state index contributed by atoms with van der Waals surface area (Å²) in [5.74, 6) is -4.22. The third-order valence-corrected chi connectivity index (χ3v) is 3.36. The molecule has 25 heavy (non-hydrogen) atoms. The van der Waals surface area contributed by atoms with Crippen LogP contribution in [0.1, 0.15) is 13.8 Å². The van der Waals surface area contributed by atoms with Gasteiger partial charge < -0.3 is 25.8 Å². The van der Waals surface area contributed by atoms with Crippen LogP contribution in [-0.2, 0) is 33.4 Å². The molecule has 0 aliphatic heterocycles. The maximum absolute atomic E-state index is 11.9. The largest absolute Gasteiger partial charge is 0.461 e. The van der Waals surface area contributed by atoms with Gasteiger partial charge >= 0.3 is 17.9 Å². The third-order valence-electron chi connectivity index (χ3n) is 2.60. The Balaban J connectivity index is 4.84. The lowest BCUT2D eigenvalue weighted by atomic mass is 10.3. The molecular weight excluding hydrogens is 374 g/mol. The lowest BCUT2D eigenvalue weighted by molar-refractivity contribution is -0.164. The quantitative estimate of drug-likeness (QED) is 0.167. The molecule has 3 atom stereocenters. The maximum Gasteiger partial charge on any atom is 0.339 e. The molecule has 0 aromatic rings. The van der Waals surface area contributed by atoms with Gasteiger partial charge in [-0.25, -0.2) is 14.4 Å². The van der Waals surface area contributed by atoms with Crippen LogP contribution in [0.5, 0.6) is 0 Å². The summed E-state index contributed by atoms with van der Waals surface area (Å²) in [6, 6.07) is -3.58. The molecule has 4 N–H and O–H groups in total. The molecule has 0 radical (unpaired) electrons. The molecule has 12 heteroatoms. The molecule has 0 fully saturated rings. The zero-order valence-electron chi connectivity index (χ0n) is 13.7. The molecule has 0 aromatic heterocycles. The molecule has 142 valence electrons. The van der Waals surface area contributed by atoms with Crippen molar-refractivity contribution >= 4 is 55.0 Å². The molecule has 0 aliphatic rings. The van der Waals surface area contributed by atoms with E-state index < -0.39 is 54.5 Å². The van der Waals surface area contributed by atoms with E-state index in [4.69, 9.17) is 10.5 Å². The first kappa shape index (κ1) is 23.2. The average molecular weight is 395 g/mol. The van der Waals surface area contributed by atoms with E-state index >= 15 is 0 Å². The Labute approximate surface area is 155 Å². The summed E-state index contributed by atoms with van der Waals surface area (Å²) in [6.07, 6.45) is 0. The Morgan fingerprint density at radius 3 is 1.84 bits per heavy atom. The number of hydrogen-bond acceptors (Lipinski definition) is 10. The van der Waals surface area contributed by atoms with Crippen LogP contribution in [-0.4, -0.2) is 66.0 Å². The first-order valence-electron chi connectivity index (χ1n) is 7.06. The van der Waals surface area contributed by atoms with E-state index in [9.17, 15) is 24.0 Å². The van der Waals surface area contributed by atoms with Gasteiger partial charge in [0.25, 0.3) is 0 Å². The van der Waals surface area contributed by atoms with Crippen molar-refractivity contribution in [2.75, 3.05) is 18.1 Å². The summed E-state index contributed by atoms with van der Waals surface area (Å²) in [4.78, 5) is 57.4. The van der Waals surface area contributed by atoms with Gasteiger partial charge in [0.15, 0.2) is 6.04 Å². The number of amides is 2. The van der Waals surface area contributed by atoms with Gasteiger partial charge in [-0.2, -0.15) is 25.3 Å². The minimum atomic E-state index is -1.42. The monoisotopic (exact) mass is 395 g/mol. The zero-order chi connectivity index (χ0) is 19.6. The molecule has 0 saturated carbocycles. The first-order valence-corrected chi connectivity index (χ1v) is 8.32. The van der Waals surface area contributed by atoms with Crippen molar-refractivity contribution in [3.05, 3.63) is 0 Å². The fourth-order valence-electron chi connectivity index (χ4n) is 1.43. The fourth-order valence-corrected chi connectivity index (χ4v) is 1.81. The minimum Gasteiger partial charge on any atom is -0.461 e. The number of esters is 3. The van der Waals surface area contributed by atoms with Crippen LogP contribution < -0.4 is 16.4 Å². The summed E-state index contributed by atoms with van der Waals surface area (Å²) in [5, 5.41) is 4.49. The third kappa shape index (κ3) is 9.31. The van der Waals surface area contributed by atoms with Crippen LogP contribution in [0, 0.1) is 0 Å². The summed E-state index contributed by atoms with van der Waals surface area (Å²) in [5.41, 5.74) is 5.37. The predicted molar refractivity (Wildman–Crippen MR) is 92.9 cm³/mol. The highest BCUT2D eigenvalue weighted by Gasteiger charge is 2.28. The van der Waals surface area contributed by atoms with Gasteiger partial charge in [-0.3, -0.25) is 9.59 Å². The number of thiol groups is 2. The molecule has 0 aromatic carbocycles. The number of nitrogens with two attached hydrogens (primary N) is 1. The standard InChI is InChI=1S/C13H21N3O7S2/c1-6(17)15-9(13(21)23-11(19)8(14)4-24)3-22-12(20)10(5-25)16-7(2)18/h8-10,24-25H,3-5,14H2,1-2H3,(H,15,17)(H,16,18)/t8-,9-,10-/m0/s1. The van der Waals surface area contributed by atoms with Gasteiger partial charge in [0.2, 0.25) is 11.8 Å². The van der Waals surface area contributed by atoms with Crippen LogP contribution in [0.2, 0.25) is 0 Å². The van der Waals surface area contributed by atoms with Gasteiger partial charge in [0, 0.05) is 25.4 Å². The number of rotatable bonds is 9. The van der Waals surface area contributed by atoms with E-state index in [2.05, 4.69) is 40.6 Å². The van der Waals surface area contributed by atoms with Gasteiger partial charge in [-0.1, -0.05) is 0 Å². The lowest BCUT2D eigenvalue weighted by Gasteiger charge is -2.19. The highest BCUT2D eigenvalue weighted by molar-refractivity contribution is 7.80. The number of hydrogen-bond donors (Lipinski definition) is 5. The lowest BCUT2D eigenvalue weighted by Crippen LogP contribution is -2.49. The Morgan fingerprint density at radius 1 is 0.880 bits per heavy atom. The number of carbonyl (C=O) groups excluding carboxylic acids is 5. The second kappa shape index (κ2) is 11.7. The van der Waals surface area contributed by atoms with Gasteiger partial charge in [-0.05, 0) is 0 Å². The Bertz CT molecular complexity index is 530. The normalized spacial score (nSPS) is 13.8. The fraction of sp³-hybridized carbons (Fsp3) is 0.615. The molecule has 2 amide bonds. The second-order valence-electron chi connectivity index (χ2n) is 4.85. The van der Waals surface area contributed by atoms with Gasteiger partial charge in [-0.15, -0.1) is 0 Å². The van der Waals surface area contributed by atoms with Crippen molar-refractivity contribution in [2.24, 2.45) is 5.73 Å². The Hall–Kier alpha value is -1.79. The summed E-state index contributed by atoms with van der Waals surface area (Å²) in [6.45, 7) is 1.72. The number of nitrogens with one attached hydrogen (secondary N) is 2. The Morgan fingerprint density at radius 2 is 1.40 bits per heavy atom. The second-order valence-corrected chi connectivity index (χ2v) is 5.58. The van der Waals surface area contributed by atoms with Crippen LogP contribution in [0.3, 0.4) is 0 Å². The van der Waals surface area contributed by atoms with E-state index in [0.717, 1.165) is 6.92 Å². The Kier molecular flexibility index (Phi) is 10.9. The SMILES string of the molecule is CC(=O)N[C@@H](CS)C(=O)OC[C@H](NC(C)=O)C(=O)OC(=O)[C@@H](N)CS. The van der Waals surface area contributed by atoms with E-state index in [1.807, 2.05) is 0 Å². The molecule has 0 aliphatic carbocycles. The summed E-state index contributed by atoms with van der Waals surface area (Å²) in [7, 11) is 0. The van der Waals surface area contributed by atoms with Crippen molar-refractivity contribution < 1.29 is 33.4 Å². The van der Waals surface area contributed by atoms with Crippen molar-refractivity contribution in [2.45, 2.75) is 32.0 Å². The highest BCUT2D eigenvalue weighted by atomic mass is 32.1. The first-order chi connectivity index (χ1) is 11.6. The van der Waals surface area contributed by atoms with E-state index in [0.29, 0.717) is 0 Å². The van der Waals surface area contributed by atoms with E-state index in [1.165, 1.54) is 6.92 Å². The van der Waals surface area contributed by atoms with Crippen LogP contribution in [0.25, 0.3) is 0 Å². The summed E-state index contributed by atoms with van der Waals surface area (Å²) < 4.78 is 9.38. The molecule has 10 nitrogen and oxygen atoms in total. The van der Waals surface area contributed by atoms with Crippen molar-refractivity contribution in [3.8, 4) is 0 Å². The minimum absolute atomic E-state index is 0.0387. The molecule has 0 bridgehead atoms. The van der Waals surface area contributed by atoms with Crippen molar-refractivity contribution in [1.29, 1.82) is 0 Å². The predicted octanol–water partition coefficient (Wildman–Crippen LogP) is -2.20. The van der Waals surface area contributed by atoms with Crippen LogP contribution in [0.15, 0.2) is 0 Å². The maximum atomic E-state index is 11.9. The van der Waals surface area contributed by atoms with Crippen molar-refractivity contribution in [1.82, 2.24) is 10.6 Å². The van der Waals surface area contributed by atoms with E-state index in [-0.39, 0.29) is 11.5 Å². The topological polar surface area (TPSA) is 154 Å². The molecule has 0 saturated heterocycles. The molecule has 0 spiro atoms. The van der Waals surface area contributed by atoms with E-state index in [1.54, 1.807) is 0 Å². The molecular formula is C13H21N3O7S2. The van der Waals surface area contributed by atoms with Gasteiger partial charge in [0.05, 0.1) is 0 Å². The van der Waals surface area contributed by atoms with Gasteiger partial charge in [0.1, 0.15) is 18.7 Å². The van der Waals surface area contributed by atoms with Crippen LogP contribution in [0.4, 0.5) is 0 Å². The van der Waals surface area contributed by atoms with Crippen LogP contribution >= 0.6 is 25.3 Å². The zero-order valence-corrected chi connectivity index (χ0v) is 15.5. The smallest absolute Gasteiger partial charge is 0.339 e. The molecule has 0 rings (SSSR count). The number of carbonyl (C=O) groups is 5. The molecule has 0 heterocycles. The number of ether oxygens (including phenoxy) is 2. The molecule has 0 unspecified atom stereocenters. The summed E-state index contributed by atoms with van der Waals surface area (Å²) >= 11 is 7.70. The highest BCUT2D eigenvalue weighted by Crippen LogP contribution is 1.99.